The molecule has 0 aliphatic heterocycles. The molecule has 12 nitrogen and oxygen atoms in total. The molecular weight excluding hydrogens is 606 g/mol. The fraction of sp³-hybridized carbons (Fsp3) is 0.543. The Hall–Kier alpha value is -4.16. The third kappa shape index (κ3) is 13.2. The van der Waals surface area contributed by atoms with Gasteiger partial charge in [0.2, 0.25) is 5.91 Å². The Kier molecular flexibility index (Phi) is 14.0. The summed E-state index contributed by atoms with van der Waals surface area (Å²) in [7, 11) is 0. The maximum Gasteiger partial charge on any atom is 0.407 e. The molecule has 258 valence electrons. The van der Waals surface area contributed by atoms with E-state index in [-0.39, 0.29) is 45.1 Å². The Labute approximate surface area is 277 Å². The van der Waals surface area contributed by atoms with Gasteiger partial charge in [0.05, 0.1) is 26.4 Å². The lowest BCUT2D eigenvalue weighted by molar-refractivity contribution is -0.155. The molecule has 0 saturated carbocycles. The van der Waals surface area contributed by atoms with Gasteiger partial charge < -0.3 is 39.6 Å². The number of esters is 1. The molecule has 0 radical (unpaired) electrons. The molecule has 0 aromatic heterocycles. The van der Waals surface area contributed by atoms with Crippen molar-refractivity contribution < 1.29 is 42.9 Å². The predicted octanol–water partition coefficient (Wildman–Crippen LogP) is 4.69. The van der Waals surface area contributed by atoms with E-state index in [1.807, 2.05) is 36.4 Å². The third-order valence-corrected chi connectivity index (χ3v) is 6.84. The number of carbonyl (C=O) groups excluding carboxylic acids is 4. The van der Waals surface area contributed by atoms with Gasteiger partial charge in [-0.1, -0.05) is 48.5 Å². The van der Waals surface area contributed by atoms with Crippen LogP contribution in [0.5, 0.6) is 0 Å². The number of carbonyl (C=O) groups is 4. The van der Waals surface area contributed by atoms with Gasteiger partial charge >= 0.3 is 18.2 Å². The van der Waals surface area contributed by atoms with Gasteiger partial charge in [0, 0.05) is 25.4 Å². The van der Waals surface area contributed by atoms with Crippen molar-refractivity contribution in [3.8, 4) is 11.1 Å². The van der Waals surface area contributed by atoms with E-state index in [1.165, 1.54) is 0 Å². The van der Waals surface area contributed by atoms with E-state index in [2.05, 4.69) is 28.1 Å². The molecule has 3 amide bonds. The van der Waals surface area contributed by atoms with Gasteiger partial charge in [-0.05, 0) is 70.2 Å². The molecule has 1 aliphatic carbocycles. The van der Waals surface area contributed by atoms with Crippen molar-refractivity contribution in [2.24, 2.45) is 0 Å². The second-order valence-corrected chi connectivity index (χ2v) is 13.1. The van der Waals surface area contributed by atoms with Gasteiger partial charge in [-0.25, -0.2) is 9.59 Å². The molecule has 0 spiro atoms. The van der Waals surface area contributed by atoms with E-state index in [0.29, 0.717) is 19.8 Å². The molecule has 0 saturated heterocycles. The first-order chi connectivity index (χ1) is 22.2. The Balaban J connectivity index is 1.43. The number of rotatable bonds is 16. The van der Waals surface area contributed by atoms with Crippen molar-refractivity contribution >= 4 is 24.1 Å². The van der Waals surface area contributed by atoms with Gasteiger partial charge in [-0.3, -0.25) is 9.59 Å². The molecular formula is C35H49N3O9. The predicted molar refractivity (Wildman–Crippen MR) is 176 cm³/mol. The molecule has 2 aromatic rings. The van der Waals surface area contributed by atoms with Crippen LogP contribution in [0, 0.1) is 0 Å². The molecule has 1 aliphatic rings. The topological polar surface area (TPSA) is 151 Å². The Morgan fingerprint density at radius 2 is 1.23 bits per heavy atom. The van der Waals surface area contributed by atoms with Crippen LogP contribution in [0.1, 0.15) is 71.4 Å². The van der Waals surface area contributed by atoms with Crippen molar-refractivity contribution in [2.45, 2.75) is 77.5 Å². The van der Waals surface area contributed by atoms with E-state index < -0.39 is 41.3 Å². The zero-order valence-electron chi connectivity index (χ0n) is 28.3. The number of hydrogen-bond acceptors (Lipinski definition) is 9. The van der Waals surface area contributed by atoms with Gasteiger partial charge in [0.25, 0.3) is 0 Å². The Morgan fingerprint density at radius 3 is 1.79 bits per heavy atom. The van der Waals surface area contributed by atoms with Gasteiger partial charge in [0.1, 0.15) is 23.9 Å². The van der Waals surface area contributed by atoms with Crippen molar-refractivity contribution in [1.29, 1.82) is 0 Å². The maximum absolute atomic E-state index is 13.1. The summed E-state index contributed by atoms with van der Waals surface area (Å²) in [5.41, 5.74) is 3.12. The smallest absolute Gasteiger partial charge is 0.407 e. The molecule has 0 unspecified atom stereocenters. The quantitative estimate of drug-likeness (QED) is 0.133. The summed E-state index contributed by atoms with van der Waals surface area (Å²) in [6.07, 6.45) is -1.32. The molecule has 3 N–H and O–H groups in total. The summed E-state index contributed by atoms with van der Waals surface area (Å²) >= 11 is 0. The number of fused-ring (bicyclic) bond motifs is 3. The highest BCUT2D eigenvalue weighted by Gasteiger charge is 2.30. The molecule has 3 rings (SSSR count). The van der Waals surface area contributed by atoms with Crippen LogP contribution in [0.15, 0.2) is 48.5 Å². The average molecular weight is 656 g/mol. The lowest BCUT2D eigenvalue weighted by atomic mass is 9.98. The van der Waals surface area contributed by atoms with Crippen molar-refractivity contribution in [3.05, 3.63) is 59.7 Å². The lowest BCUT2D eigenvalue weighted by Gasteiger charge is -2.22. The van der Waals surface area contributed by atoms with Crippen molar-refractivity contribution in [1.82, 2.24) is 16.0 Å². The summed E-state index contributed by atoms with van der Waals surface area (Å²) in [6.45, 7) is 12.3. The third-order valence-electron chi connectivity index (χ3n) is 6.84. The van der Waals surface area contributed by atoms with E-state index >= 15 is 0 Å². The van der Waals surface area contributed by atoms with Gasteiger partial charge in [-0.15, -0.1) is 0 Å². The summed E-state index contributed by atoms with van der Waals surface area (Å²) in [6, 6.07) is 15.0. The van der Waals surface area contributed by atoms with Crippen LogP contribution in [0.4, 0.5) is 9.59 Å². The van der Waals surface area contributed by atoms with E-state index in [4.69, 9.17) is 23.7 Å². The second kappa shape index (κ2) is 17.7. The van der Waals surface area contributed by atoms with E-state index in [0.717, 1.165) is 22.3 Å². The molecule has 2 aromatic carbocycles. The monoisotopic (exact) mass is 655 g/mol. The van der Waals surface area contributed by atoms with Crippen LogP contribution in [-0.2, 0) is 33.3 Å². The standard InChI is InChI=1S/C35H49N3O9/c1-34(2,3)46-30(39)16-15-29(31(40)36-17-19-43-21-22-44-20-18-37-32(41)47-35(4,5)6)38-33(42)45-23-28-26-13-9-7-11-24(26)25-12-8-10-14-27(25)28/h7-14,28-29H,15-23H2,1-6H3,(H,36,40)(H,37,41)(H,38,42)/t29-/m0/s1. The highest BCUT2D eigenvalue weighted by Crippen LogP contribution is 2.44. The van der Waals surface area contributed by atoms with Crippen LogP contribution in [0.3, 0.4) is 0 Å². The summed E-state index contributed by atoms with van der Waals surface area (Å²) in [4.78, 5) is 50.0. The number of benzene rings is 2. The minimum atomic E-state index is -1.03. The Morgan fingerprint density at radius 1 is 0.702 bits per heavy atom. The summed E-state index contributed by atoms with van der Waals surface area (Å²) < 4.78 is 27.1. The van der Waals surface area contributed by atoms with Crippen molar-refractivity contribution in [2.75, 3.05) is 46.1 Å². The normalized spacial score (nSPS) is 13.1. The average Bonchev–Trinajstić information content (AvgIpc) is 3.30. The first-order valence-corrected chi connectivity index (χ1v) is 16.0. The number of ether oxygens (including phenoxy) is 5. The number of hydrogen-bond donors (Lipinski definition) is 3. The molecule has 0 bridgehead atoms. The van der Waals surface area contributed by atoms with Crippen molar-refractivity contribution in [3.63, 3.8) is 0 Å². The highest BCUT2D eigenvalue weighted by molar-refractivity contribution is 5.86. The summed E-state index contributed by atoms with van der Waals surface area (Å²) in [5.74, 6) is -1.09. The fourth-order valence-electron chi connectivity index (χ4n) is 4.94. The van der Waals surface area contributed by atoms with Crippen LogP contribution in [-0.4, -0.2) is 87.4 Å². The fourth-order valence-corrected chi connectivity index (χ4v) is 4.94. The van der Waals surface area contributed by atoms with Crippen LogP contribution >= 0.6 is 0 Å². The van der Waals surface area contributed by atoms with Gasteiger partial charge in [-0.2, -0.15) is 0 Å². The second-order valence-electron chi connectivity index (χ2n) is 13.1. The number of nitrogens with one attached hydrogen (secondary N) is 3. The van der Waals surface area contributed by atoms with E-state index in [9.17, 15) is 19.2 Å². The lowest BCUT2D eigenvalue weighted by Crippen LogP contribution is -2.48. The zero-order valence-corrected chi connectivity index (χ0v) is 28.3. The number of alkyl carbamates (subject to hydrolysis) is 2. The zero-order chi connectivity index (χ0) is 34.5. The summed E-state index contributed by atoms with van der Waals surface area (Å²) in [5, 5.41) is 7.97. The highest BCUT2D eigenvalue weighted by atomic mass is 16.6. The van der Waals surface area contributed by atoms with Crippen LogP contribution in [0.25, 0.3) is 11.1 Å². The van der Waals surface area contributed by atoms with Crippen LogP contribution in [0.2, 0.25) is 0 Å². The SMILES string of the molecule is CC(C)(C)OC(=O)CC[C@H](NC(=O)OCC1c2ccccc2-c2ccccc21)C(=O)NCCOCCOCCNC(=O)OC(C)(C)C. The van der Waals surface area contributed by atoms with Gasteiger partial charge in [0.15, 0.2) is 0 Å². The largest absolute Gasteiger partial charge is 0.460 e. The maximum atomic E-state index is 13.1. The number of amides is 3. The van der Waals surface area contributed by atoms with Crippen LogP contribution < -0.4 is 16.0 Å². The molecule has 1 atom stereocenters. The molecule has 0 fully saturated rings. The molecule has 12 heteroatoms. The minimum absolute atomic E-state index is 0.0248. The molecule has 0 heterocycles. The minimum Gasteiger partial charge on any atom is -0.460 e. The molecule has 47 heavy (non-hydrogen) atoms. The Bertz CT molecular complexity index is 1300. The first-order valence-electron chi connectivity index (χ1n) is 16.0. The first kappa shape index (κ1) is 37.3. The van der Waals surface area contributed by atoms with E-state index in [1.54, 1.807) is 41.5 Å².